The molecule has 0 spiro atoms. The zero-order valence-corrected chi connectivity index (χ0v) is 20.1. The summed E-state index contributed by atoms with van der Waals surface area (Å²) in [6, 6.07) is 30.5. The topological polar surface area (TPSA) is 55.2 Å². The molecule has 0 saturated carbocycles. The Balaban J connectivity index is 1.74. The van der Waals surface area contributed by atoms with Crippen molar-refractivity contribution in [3.63, 3.8) is 0 Å². The third kappa shape index (κ3) is 3.68. The molecule has 0 bridgehead atoms. The van der Waals surface area contributed by atoms with Gasteiger partial charge in [0.25, 0.3) is 0 Å². The Morgan fingerprint density at radius 2 is 1.21 bits per heavy atom. The van der Waals surface area contributed by atoms with Gasteiger partial charge in [-0.25, -0.2) is 4.98 Å². The predicted octanol–water partition coefficient (Wildman–Crippen LogP) is 5.31. The summed E-state index contributed by atoms with van der Waals surface area (Å²) in [5.41, 5.74) is 3.23. The molecule has 0 radical (unpaired) electrons. The monoisotopic (exact) mass is 513 g/mol. The number of carbonyl (C=O) groups is 2. The van der Waals surface area contributed by atoms with Gasteiger partial charge in [0.1, 0.15) is 5.54 Å². The second-order valence-corrected chi connectivity index (χ2v) is 8.99. The molecule has 0 N–H and O–H groups in total. The Kier molecular flexibility index (Phi) is 6.16. The average molecular weight is 514 g/mol. The van der Waals surface area contributed by atoms with E-state index in [1.54, 1.807) is 0 Å². The van der Waals surface area contributed by atoms with Crippen molar-refractivity contribution in [2.45, 2.75) is 24.4 Å². The van der Waals surface area contributed by atoms with Crippen LogP contribution in [0, 0.1) is 0 Å². The molecule has 6 heteroatoms. The van der Waals surface area contributed by atoms with Crippen LogP contribution in [0.5, 0.6) is 0 Å². The molecule has 1 aliphatic rings. The lowest BCUT2D eigenvalue weighted by Crippen LogP contribution is -2.37. The third-order valence-corrected chi connectivity index (χ3v) is 7.07. The number of hydrogen-bond acceptors (Lipinski definition) is 3. The van der Waals surface area contributed by atoms with E-state index in [0.717, 1.165) is 16.7 Å². The van der Waals surface area contributed by atoms with E-state index in [-0.39, 0.29) is 24.7 Å². The summed E-state index contributed by atoms with van der Waals surface area (Å²) in [5.74, 6) is -0.297. The van der Waals surface area contributed by atoms with Crippen LogP contribution in [-0.2, 0) is 15.1 Å². The highest BCUT2D eigenvalue weighted by Crippen LogP contribution is 2.41. The maximum Gasteiger partial charge on any atom is 0.230 e. The molecule has 0 aliphatic carbocycles. The zero-order valence-electron chi connectivity index (χ0n) is 18.5. The van der Waals surface area contributed by atoms with E-state index >= 15 is 0 Å². The summed E-state index contributed by atoms with van der Waals surface area (Å²) >= 11 is 3.52. The van der Waals surface area contributed by atoms with Crippen LogP contribution >= 0.6 is 15.9 Å². The van der Waals surface area contributed by atoms with E-state index < -0.39 is 11.6 Å². The Morgan fingerprint density at radius 1 is 0.765 bits per heavy atom. The molecule has 5 rings (SSSR count). The Morgan fingerprint density at radius 3 is 1.62 bits per heavy atom. The fraction of sp³-hybridized carbons (Fsp3) is 0.179. The van der Waals surface area contributed by atoms with Crippen molar-refractivity contribution in [3.8, 4) is 0 Å². The van der Waals surface area contributed by atoms with Gasteiger partial charge in [0.2, 0.25) is 11.8 Å². The number of carbonyl (C=O) groups excluding carboxylic acids is 2. The van der Waals surface area contributed by atoms with Gasteiger partial charge >= 0.3 is 0 Å². The molecular formula is C28H24BrN3O2. The van der Waals surface area contributed by atoms with Gasteiger partial charge in [-0.15, -0.1) is 0 Å². The lowest BCUT2D eigenvalue weighted by molar-refractivity contribution is -0.140. The SMILES string of the molecule is O=C1CCC(=O)N1C(CBr)c1cn(C(c2ccccc2)(c2ccccc2)c2ccccc2)cn1. The molecule has 1 atom stereocenters. The average Bonchev–Trinajstić information content (AvgIpc) is 3.50. The quantitative estimate of drug-likeness (QED) is 0.191. The van der Waals surface area contributed by atoms with E-state index in [1.165, 1.54) is 4.90 Å². The number of nitrogens with zero attached hydrogens (tertiary/aromatic N) is 3. The van der Waals surface area contributed by atoms with Crippen molar-refractivity contribution in [2.75, 3.05) is 5.33 Å². The third-order valence-electron chi connectivity index (χ3n) is 6.45. The normalized spacial score (nSPS) is 15.0. The largest absolute Gasteiger partial charge is 0.319 e. The van der Waals surface area contributed by atoms with E-state index in [9.17, 15) is 9.59 Å². The zero-order chi connectivity index (χ0) is 23.5. The number of imide groups is 1. The minimum Gasteiger partial charge on any atom is -0.319 e. The molecular weight excluding hydrogens is 490 g/mol. The molecule has 1 saturated heterocycles. The molecule has 34 heavy (non-hydrogen) atoms. The minimum absolute atomic E-state index is 0.149. The molecule has 1 aromatic heterocycles. The molecule has 5 nitrogen and oxygen atoms in total. The second-order valence-electron chi connectivity index (χ2n) is 8.34. The Hall–Kier alpha value is -3.51. The number of likely N-dealkylation sites (tertiary alicyclic amines) is 1. The van der Waals surface area contributed by atoms with Gasteiger partial charge < -0.3 is 4.57 Å². The van der Waals surface area contributed by atoms with Gasteiger partial charge in [0, 0.05) is 24.4 Å². The lowest BCUT2D eigenvalue weighted by atomic mass is 9.77. The summed E-state index contributed by atoms with van der Waals surface area (Å²) in [4.78, 5) is 31.0. The summed E-state index contributed by atoms with van der Waals surface area (Å²) in [6.07, 6.45) is 4.29. The first-order valence-corrected chi connectivity index (χ1v) is 12.4. The number of alkyl halides is 1. The van der Waals surface area contributed by atoms with E-state index in [0.29, 0.717) is 11.0 Å². The summed E-state index contributed by atoms with van der Waals surface area (Å²) < 4.78 is 2.10. The number of halogens is 1. The maximum atomic E-state index is 12.5. The van der Waals surface area contributed by atoms with Crippen molar-refractivity contribution >= 4 is 27.7 Å². The molecule has 2 amide bonds. The number of aromatic nitrogens is 2. The smallest absolute Gasteiger partial charge is 0.230 e. The van der Waals surface area contributed by atoms with Crippen LogP contribution in [0.4, 0.5) is 0 Å². The molecule has 2 heterocycles. The lowest BCUT2D eigenvalue weighted by Gasteiger charge is -2.37. The predicted molar refractivity (Wildman–Crippen MR) is 134 cm³/mol. The number of amides is 2. The summed E-state index contributed by atoms with van der Waals surface area (Å²) in [6.45, 7) is 0. The highest BCUT2D eigenvalue weighted by atomic mass is 79.9. The van der Waals surface area contributed by atoms with Gasteiger partial charge in [-0.1, -0.05) is 107 Å². The minimum atomic E-state index is -0.690. The van der Waals surface area contributed by atoms with Crippen LogP contribution in [0.15, 0.2) is 104 Å². The van der Waals surface area contributed by atoms with Crippen molar-refractivity contribution < 1.29 is 9.59 Å². The molecule has 1 aliphatic heterocycles. The number of benzene rings is 3. The first-order valence-electron chi connectivity index (χ1n) is 11.3. The van der Waals surface area contributed by atoms with Crippen molar-refractivity contribution in [2.24, 2.45) is 0 Å². The van der Waals surface area contributed by atoms with Crippen LogP contribution in [0.3, 0.4) is 0 Å². The molecule has 3 aromatic carbocycles. The molecule has 1 fully saturated rings. The van der Waals surface area contributed by atoms with Crippen LogP contribution in [-0.4, -0.2) is 31.6 Å². The summed E-state index contributed by atoms with van der Waals surface area (Å²) in [7, 11) is 0. The van der Waals surface area contributed by atoms with Gasteiger partial charge in [-0.3, -0.25) is 14.5 Å². The Labute approximate surface area is 207 Å². The van der Waals surface area contributed by atoms with E-state index in [4.69, 9.17) is 4.98 Å². The van der Waals surface area contributed by atoms with Gasteiger partial charge in [0.05, 0.1) is 18.1 Å². The van der Waals surface area contributed by atoms with Crippen molar-refractivity contribution in [1.82, 2.24) is 14.5 Å². The molecule has 170 valence electrons. The van der Waals surface area contributed by atoms with Crippen LogP contribution in [0.25, 0.3) is 0 Å². The maximum absolute atomic E-state index is 12.5. The van der Waals surface area contributed by atoms with Crippen molar-refractivity contribution in [3.05, 3.63) is 126 Å². The van der Waals surface area contributed by atoms with Crippen molar-refractivity contribution in [1.29, 1.82) is 0 Å². The van der Waals surface area contributed by atoms with Crippen LogP contribution in [0.1, 0.15) is 41.3 Å². The highest BCUT2D eigenvalue weighted by Gasteiger charge is 2.40. The highest BCUT2D eigenvalue weighted by molar-refractivity contribution is 9.09. The first kappa shape index (κ1) is 22.3. The number of imidazole rings is 1. The molecule has 1 unspecified atom stereocenters. The summed E-state index contributed by atoms with van der Waals surface area (Å²) in [5, 5.41) is 0.427. The Bertz CT molecular complexity index is 1180. The second kappa shape index (κ2) is 9.39. The molecule has 4 aromatic rings. The fourth-order valence-corrected chi connectivity index (χ4v) is 5.52. The standard InChI is InChI=1S/C28H24BrN3O2/c29-18-25(32-26(33)16-17-27(32)34)24-19-31(20-30-24)28(21-10-4-1-5-11-21,22-12-6-2-7-13-22)23-14-8-3-9-15-23/h1-15,19-20,25H,16-18H2. The van der Waals surface area contributed by atoms with Crippen LogP contribution in [0.2, 0.25) is 0 Å². The van der Waals surface area contributed by atoms with Gasteiger partial charge in [-0.05, 0) is 16.7 Å². The van der Waals surface area contributed by atoms with Gasteiger partial charge in [-0.2, -0.15) is 0 Å². The number of hydrogen-bond donors (Lipinski definition) is 0. The van der Waals surface area contributed by atoms with E-state index in [1.807, 2.05) is 67.1 Å². The first-order chi connectivity index (χ1) is 16.7. The van der Waals surface area contributed by atoms with Gasteiger partial charge in [0.15, 0.2) is 0 Å². The van der Waals surface area contributed by atoms with Crippen LogP contribution < -0.4 is 0 Å². The van der Waals surface area contributed by atoms with E-state index in [2.05, 4.69) is 56.9 Å². The number of rotatable bonds is 7. The fourth-order valence-electron chi connectivity index (χ4n) is 4.90.